The van der Waals surface area contributed by atoms with Gasteiger partial charge in [-0.05, 0) is 49.1 Å². The predicted octanol–water partition coefficient (Wildman–Crippen LogP) is 2.72. The minimum Gasteiger partial charge on any atom is -0.383 e. The number of carbonyl (C=O) groups is 1. The average molecular weight is 369 g/mol. The number of aromatic nitrogens is 2. The van der Waals surface area contributed by atoms with Crippen LogP contribution in [0, 0.1) is 17.8 Å². The Morgan fingerprint density at radius 1 is 1.30 bits per heavy atom. The zero-order valence-corrected chi connectivity index (χ0v) is 15.8. The highest BCUT2D eigenvalue weighted by Crippen LogP contribution is 2.49. The normalized spacial score (nSPS) is 23.8. The summed E-state index contributed by atoms with van der Waals surface area (Å²) < 4.78 is 5.19. The topological polar surface area (TPSA) is 75.3 Å². The van der Waals surface area contributed by atoms with Crippen molar-refractivity contribution in [2.45, 2.75) is 38.6 Å². The molecule has 2 bridgehead atoms. The van der Waals surface area contributed by atoms with Crippen LogP contribution < -0.4 is 5.56 Å². The van der Waals surface area contributed by atoms with Crippen molar-refractivity contribution in [2.24, 2.45) is 17.8 Å². The minimum absolute atomic E-state index is 0.139. The van der Waals surface area contributed by atoms with Gasteiger partial charge in [0.15, 0.2) is 0 Å². The molecule has 1 aromatic heterocycles. The summed E-state index contributed by atoms with van der Waals surface area (Å²) in [4.78, 5) is 34.4. The number of nitrogens with zero attached hydrogens (tertiary/aromatic N) is 2. The number of aromatic amines is 1. The largest absolute Gasteiger partial charge is 0.383 e. The number of ether oxygens (including phenoxy) is 1. The van der Waals surface area contributed by atoms with Crippen molar-refractivity contribution < 1.29 is 9.53 Å². The molecule has 6 heteroatoms. The zero-order chi connectivity index (χ0) is 18.8. The van der Waals surface area contributed by atoms with Crippen molar-refractivity contribution in [1.29, 1.82) is 0 Å². The second-order valence-corrected chi connectivity index (χ2v) is 7.98. The maximum absolute atomic E-state index is 13.0. The van der Waals surface area contributed by atoms with Gasteiger partial charge in [-0.2, -0.15) is 0 Å². The molecule has 2 aliphatic carbocycles. The Kier molecular flexibility index (Phi) is 5.25. The van der Waals surface area contributed by atoms with Gasteiger partial charge in [0.2, 0.25) is 5.91 Å². The summed E-state index contributed by atoms with van der Waals surface area (Å²) in [5, 5.41) is 0.568. The van der Waals surface area contributed by atoms with Crippen LogP contribution in [0.2, 0.25) is 0 Å². The Morgan fingerprint density at radius 2 is 2.15 bits per heavy atom. The maximum atomic E-state index is 13.0. The van der Waals surface area contributed by atoms with E-state index in [1.807, 2.05) is 18.2 Å². The van der Waals surface area contributed by atoms with Crippen molar-refractivity contribution in [3.63, 3.8) is 0 Å². The van der Waals surface area contributed by atoms with E-state index in [0.717, 1.165) is 11.8 Å². The highest BCUT2D eigenvalue weighted by Gasteiger charge is 2.40. The lowest BCUT2D eigenvalue weighted by Gasteiger charge is -2.26. The Labute approximate surface area is 158 Å². The molecule has 0 aliphatic heterocycles. The van der Waals surface area contributed by atoms with Crippen molar-refractivity contribution in [3.8, 4) is 0 Å². The van der Waals surface area contributed by atoms with Gasteiger partial charge in [-0.3, -0.25) is 9.59 Å². The lowest BCUT2D eigenvalue weighted by atomic mass is 9.86. The molecule has 0 saturated heterocycles. The van der Waals surface area contributed by atoms with Gasteiger partial charge < -0.3 is 14.6 Å². The number of methoxy groups -OCH3 is 1. The number of rotatable bonds is 7. The summed E-state index contributed by atoms with van der Waals surface area (Å²) in [7, 11) is 1.63. The Balaban J connectivity index is 1.50. The fraction of sp³-hybridized carbons (Fsp3) is 0.571. The fourth-order valence-electron chi connectivity index (χ4n) is 4.86. The van der Waals surface area contributed by atoms with E-state index in [1.54, 1.807) is 18.1 Å². The van der Waals surface area contributed by atoms with Crippen molar-refractivity contribution in [2.75, 3.05) is 20.3 Å². The molecule has 6 nitrogen and oxygen atoms in total. The Bertz CT molecular complexity index is 878. The van der Waals surface area contributed by atoms with Crippen molar-refractivity contribution in [3.05, 3.63) is 40.4 Å². The Hall–Kier alpha value is -2.21. The number of hydrogen-bond donors (Lipinski definition) is 1. The van der Waals surface area contributed by atoms with Crippen LogP contribution in [0.3, 0.4) is 0 Å². The number of nitrogens with one attached hydrogen (secondary N) is 1. The second kappa shape index (κ2) is 7.80. The monoisotopic (exact) mass is 369 g/mol. The van der Waals surface area contributed by atoms with E-state index >= 15 is 0 Å². The summed E-state index contributed by atoms with van der Waals surface area (Å²) in [6.45, 7) is 1.29. The lowest BCUT2D eigenvalue weighted by Crippen LogP contribution is -2.36. The first-order chi connectivity index (χ1) is 13.1. The van der Waals surface area contributed by atoms with E-state index in [4.69, 9.17) is 4.74 Å². The molecule has 0 unspecified atom stereocenters. The molecular formula is C21H27N3O3. The molecule has 0 radical (unpaired) electrons. The molecule has 1 N–H and O–H groups in total. The number of hydrogen-bond acceptors (Lipinski definition) is 4. The molecule has 1 heterocycles. The lowest BCUT2D eigenvalue weighted by molar-refractivity contribution is -0.134. The van der Waals surface area contributed by atoms with Crippen LogP contribution in [0.1, 0.15) is 37.9 Å². The van der Waals surface area contributed by atoms with Gasteiger partial charge in [0.25, 0.3) is 5.56 Å². The van der Waals surface area contributed by atoms with Crippen molar-refractivity contribution >= 4 is 16.8 Å². The number of carbonyl (C=O) groups excluding carboxylic acids is 1. The SMILES string of the molecule is COCCN(Cc1nc2ccccc2c(=O)[nH]1)C(=O)C[C@@H]1C[C@H]2CC[C@H]1C2. The number of fused-ring (bicyclic) bond motifs is 3. The highest BCUT2D eigenvalue weighted by molar-refractivity contribution is 5.78. The summed E-state index contributed by atoms with van der Waals surface area (Å²) in [5.41, 5.74) is 0.492. The zero-order valence-electron chi connectivity index (χ0n) is 15.8. The van der Waals surface area contributed by atoms with Gasteiger partial charge in [-0.15, -0.1) is 0 Å². The minimum atomic E-state index is -0.164. The van der Waals surface area contributed by atoms with E-state index in [2.05, 4.69) is 9.97 Å². The molecule has 2 saturated carbocycles. The summed E-state index contributed by atoms with van der Waals surface area (Å²) in [6.07, 6.45) is 5.71. The number of amides is 1. The molecule has 4 rings (SSSR count). The Morgan fingerprint density at radius 3 is 2.89 bits per heavy atom. The van der Waals surface area contributed by atoms with E-state index in [-0.39, 0.29) is 11.5 Å². The first kappa shape index (κ1) is 18.2. The first-order valence-electron chi connectivity index (χ1n) is 9.88. The van der Waals surface area contributed by atoms with Crippen LogP contribution >= 0.6 is 0 Å². The predicted molar refractivity (Wildman–Crippen MR) is 103 cm³/mol. The fourth-order valence-corrected chi connectivity index (χ4v) is 4.86. The molecule has 0 spiro atoms. The molecule has 27 heavy (non-hydrogen) atoms. The standard InChI is InChI=1S/C21H27N3O3/c1-27-9-8-24(20(25)12-16-11-14-6-7-15(16)10-14)13-19-22-18-5-3-2-4-17(18)21(26)23-19/h2-5,14-16H,6-13H2,1H3,(H,22,23,26)/t14-,15-,16-/m0/s1. The second-order valence-electron chi connectivity index (χ2n) is 7.98. The summed E-state index contributed by atoms with van der Waals surface area (Å²) in [5.74, 6) is 2.74. The molecule has 2 aliphatic rings. The van der Waals surface area contributed by atoms with Crippen LogP contribution in [0.5, 0.6) is 0 Å². The van der Waals surface area contributed by atoms with Gasteiger partial charge in [0.05, 0.1) is 24.1 Å². The van der Waals surface area contributed by atoms with Crippen LogP contribution in [-0.4, -0.2) is 41.0 Å². The van der Waals surface area contributed by atoms with E-state index in [0.29, 0.717) is 48.8 Å². The molecule has 1 aromatic carbocycles. The number of H-pyrrole nitrogens is 1. The van der Waals surface area contributed by atoms with E-state index in [9.17, 15) is 9.59 Å². The average Bonchev–Trinajstić information content (AvgIpc) is 3.28. The van der Waals surface area contributed by atoms with Crippen molar-refractivity contribution in [1.82, 2.24) is 14.9 Å². The molecular weight excluding hydrogens is 342 g/mol. The van der Waals surface area contributed by atoms with E-state index < -0.39 is 0 Å². The van der Waals surface area contributed by atoms with Gasteiger partial charge in [-0.25, -0.2) is 4.98 Å². The van der Waals surface area contributed by atoms with Gasteiger partial charge in [0, 0.05) is 20.1 Å². The van der Waals surface area contributed by atoms with Gasteiger partial charge in [-0.1, -0.05) is 18.6 Å². The van der Waals surface area contributed by atoms with Crippen LogP contribution in [0.25, 0.3) is 10.9 Å². The van der Waals surface area contributed by atoms with Gasteiger partial charge >= 0.3 is 0 Å². The molecule has 3 atom stereocenters. The number of benzene rings is 1. The quantitative estimate of drug-likeness (QED) is 0.814. The highest BCUT2D eigenvalue weighted by atomic mass is 16.5. The van der Waals surface area contributed by atoms with Gasteiger partial charge in [0.1, 0.15) is 5.82 Å². The van der Waals surface area contributed by atoms with Crippen LogP contribution in [0.4, 0.5) is 0 Å². The van der Waals surface area contributed by atoms with Crippen LogP contribution in [-0.2, 0) is 16.1 Å². The third kappa shape index (κ3) is 3.90. The number of para-hydroxylation sites is 1. The molecule has 2 fully saturated rings. The molecule has 1 amide bonds. The van der Waals surface area contributed by atoms with E-state index in [1.165, 1.54) is 25.7 Å². The van der Waals surface area contributed by atoms with Crippen LogP contribution in [0.15, 0.2) is 29.1 Å². The maximum Gasteiger partial charge on any atom is 0.258 e. The first-order valence-corrected chi connectivity index (χ1v) is 9.88. The third-order valence-corrected chi connectivity index (χ3v) is 6.24. The smallest absolute Gasteiger partial charge is 0.258 e. The molecule has 144 valence electrons. The molecule has 2 aromatic rings. The third-order valence-electron chi connectivity index (χ3n) is 6.24. The summed E-state index contributed by atoms with van der Waals surface area (Å²) in [6, 6.07) is 7.27. The summed E-state index contributed by atoms with van der Waals surface area (Å²) >= 11 is 0.